The molecule has 1 atom stereocenters. The van der Waals surface area contributed by atoms with Crippen LogP contribution in [0.15, 0.2) is 59.9 Å². The molecule has 0 bridgehead atoms. The topological polar surface area (TPSA) is 61.9 Å². The van der Waals surface area contributed by atoms with Gasteiger partial charge in [-0.2, -0.15) is 0 Å². The highest BCUT2D eigenvalue weighted by Crippen LogP contribution is 2.29. The van der Waals surface area contributed by atoms with Crippen LogP contribution in [0.3, 0.4) is 0 Å². The van der Waals surface area contributed by atoms with Crippen LogP contribution in [-0.2, 0) is 7.05 Å². The Balaban J connectivity index is 1.52. The zero-order valence-corrected chi connectivity index (χ0v) is 19.3. The molecule has 0 saturated heterocycles. The van der Waals surface area contributed by atoms with Gasteiger partial charge in [-0.25, -0.2) is 4.39 Å². The highest BCUT2D eigenvalue weighted by atomic mass is 32.2. The lowest BCUT2D eigenvalue weighted by atomic mass is 10.1. The number of ether oxygens (including phenoxy) is 1. The second-order valence-corrected chi connectivity index (χ2v) is 8.84. The molecule has 2 aromatic heterocycles. The minimum atomic E-state index is -0.390. The summed E-state index contributed by atoms with van der Waals surface area (Å²) in [5.41, 5.74) is 1.74. The van der Waals surface area contributed by atoms with E-state index in [1.54, 1.807) is 12.1 Å². The maximum atomic E-state index is 13.2. The van der Waals surface area contributed by atoms with Gasteiger partial charge in [-0.3, -0.25) is 4.79 Å². The van der Waals surface area contributed by atoms with E-state index < -0.39 is 6.10 Å². The number of para-hydroxylation sites is 1. The summed E-state index contributed by atoms with van der Waals surface area (Å²) >= 11 is 1.37. The molecular formula is C24H25FN4O2S. The van der Waals surface area contributed by atoms with Gasteiger partial charge in [-0.1, -0.05) is 30.0 Å². The SMILES string of the molecule is CC(Oc1ccc(F)cc1)c1nnc(SCC(=O)c2cn(C)c3ccccc23)n1C(C)C. The number of hydrogen-bond acceptors (Lipinski definition) is 5. The molecule has 2 aromatic carbocycles. The van der Waals surface area contributed by atoms with Gasteiger partial charge in [0.15, 0.2) is 22.9 Å². The molecule has 0 spiro atoms. The van der Waals surface area contributed by atoms with Crippen molar-refractivity contribution >= 4 is 28.4 Å². The molecule has 32 heavy (non-hydrogen) atoms. The number of rotatable bonds is 8. The van der Waals surface area contributed by atoms with Gasteiger partial charge in [0.05, 0.1) is 5.75 Å². The molecule has 2 heterocycles. The van der Waals surface area contributed by atoms with Crippen molar-refractivity contribution in [1.82, 2.24) is 19.3 Å². The molecule has 0 amide bonds. The molecule has 0 aliphatic rings. The summed E-state index contributed by atoms with van der Waals surface area (Å²) in [6, 6.07) is 13.8. The molecule has 0 saturated carbocycles. The van der Waals surface area contributed by atoms with Crippen molar-refractivity contribution in [2.45, 2.75) is 38.1 Å². The number of fused-ring (bicyclic) bond motifs is 1. The Kier molecular flexibility index (Phi) is 6.32. The summed E-state index contributed by atoms with van der Waals surface area (Å²) in [6.45, 7) is 5.95. The number of benzene rings is 2. The first-order chi connectivity index (χ1) is 15.3. The number of ketones is 1. The number of aromatic nitrogens is 4. The second kappa shape index (κ2) is 9.16. The number of carbonyl (C=O) groups excluding carboxylic acids is 1. The number of Topliss-reactive ketones (excluding diaryl/α,β-unsaturated/α-hetero) is 1. The van der Waals surface area contributed by atoms with Gasteiger partial charge < -0.3 is 13.9 Å². The zero-order valence-electron chi connectivity index (χ0n) is 18.4. The number of nitrogens with zero attached hydrogens (tertiary/aromatic N) is 4. The quantitative estimate of drug-likeness (QED) is 0.257. The average Bonchev–Trinajstić information content (AvgIpc) is 3.35. The summed E-state index contributed by atoms with van der Waals surface area (Å²) < 4.78 is 23.1. The predicted molar refractivity (Wildman–Crippen MR) is 124 cm³/mol. The summed E-state index contributed by atoms with van der Waals surface area (Å²) in [5, 5.41) is 10.3. The molecule has 166 valence electrons. The molecule has 0 radical (unpaired) electrons. The van der Waals surface area contributed by atoms with Crippen LogP contribution < -0.4 is 4.74 Å². The predicted octanol–water partition coefficient (Wildman–Crippen LogP) is 5.60. The van der Waals surface area contributed by atoms with Crippen LogP contribution in [0.4, 0.5) is 4.39 Å². The Morgan fingerprint density at radius 1 is 1.09 bits per heavy atom. The van der Waals surface area contributed by atoms with Crippen molar-refractivity contribution in [3.8, 4) is 5.75 Å². The molecule has 0 N–H and O–H groups in total. The Bertz CT molecular complexity index is 1250. The Hall–Kier alpha value is -3.13. The maximum absolute atomic E-state index is 13.2. The summed E-state index contributed by atoms with van der Waals surface area (Å²) in [7, 11) is 1.94. The van der Waals surface area contributed by atoms with Gasteiger partial charge >= 0.3 is 0 Å². The molecule has 0 aliphatic carbocycles. The molecule has 8 heteroatoms. The number of carbonyl (C=O) groups is 1. The molecular weight excluding hydrogens is 427 g/mol. The number of halogens is 1. The van der Waals surface area contributed by atoms with E-state index in [1.807, 2.05) is 67.4 Å². The molecule has 4 aromatic rings. The minimum Gasteiger partial charge on any atom is -0.483 e. The van der Waals surface area contributed by atoms with E-state index >= 15 is 0 Å². The Morgan fingerprint density at radius 2 is 1.81 bits per heavy atom. The maximum Gasteiger partial charge on any atom is 0.192 e. The fourth-order valence-electron chi connectivity index (χ4n) is 3.69. The van der Waals surface area contributed by atoms with E-state index in [-0.39, 0.29) is 23.4 Å². The Morgan fingerprint density at radius 3 is 2.53 bits per heavy atom. The summed E-state index contributed by atoms with van der Waals surface area (Å²) in [5.74, 6) is 1.20. The highest BCUT2D eigenvalue weighted by Gasteiger charge is 2.23. The molecule has 0 fully saturated rings. The van der Waals surface area contributed by atoms with Gasteiger partial charge in [0.2, 0.25) is 0 Å². The fourth-order valence-corrected chi connectivity index (χ4v) is 4.65. The van der Waals surface area contributed by atoms with E-state index in [0.717, 1.165) is 10.9 Å². The number of hydrogen-bond donors (Lipinski definition) is 0. The molecule has 0 aliphatic heterocycles. The van der Waals surface area contributed by atoms with E-state index in [1.165, 1.54) is 23.9 Å². The van der Waals surface area contributed by atoms with Crippen molar-refractivity contribution < 1.29 is 13.9 Å². The van der Waals surface area contributed by atoms with E-state index in [9.17, 15) is 9.18 Å². The van der Waals surface area contributed by atoms with Crippen molar-refractivity contribution in [1.29, 1.82) is 0 Å². The lowest BCUT2D eigenvalue weighted by Gasteiger charge is -2.18. The van der Waals surface area contributed by atoms with Crippen LogP contribution in [0, 0.1) is 5.82 Å². The van der Waals surface area contributed by atoms with Crippen LogP contribution in [0.1, 0.15) is 49.1 Å². The molecule has 1 unspecified atom stereocenters. The van der Waals surface area contributed by atoms with Crippen molar-refractivity contribution in [3.05, 3.63) is 71.9 Å². The van der Waals surface area contributed by atoms with Crippen molar-refractivity contribution in [2.24, 2.45) is 7.05 Å². The van der Waals surface area contributed by atoms with Crippen molar-refractivity contribution in [2.75, 3.05) is 5.75 Å². The monoisotopic (exact) mass is 452 g/mol. The fraction of sp³-hybridized carbons (Fsp3) is 0.292. The van der Waals surface area contributed by atoms with Gasteiger partial charge in [0.1, 0.15) is 11.6 Å². The van der Waals surface area contributed by atoms with Gasteiger partial charge in [-0.05, 0) is 51.1 Å². The highest BCUT2D eigenvalue weighted by molar-refractivity contribution is 7.99. The van der Waals surface area contributed by atoms with Crippen LogP contribution >= 0.6 is 11.8 Å². The number of thioether (sulfide) groups is 1. The van der Waals surface area contributed by atoms with Gasteiger partial charge in [0, 0.05) is 35.8 Å². The van der Waals surface area contributed by atoms with Crippen LogP contribution in [0.25, 0.3) is 10.9 Å². The molecule has 4 rings (SSSR count). The second-order valence-electron chi connectivity index (χ2n) is 7.90. The number of aryl methyl sites for hydroxylation is 1. The van der Waals surface area contributed by atoms with E-state index in [2.05, 4.69) is 10.2 Å². The van der Waals surface area contributed by atoms with Gasteiger partial charge in [0.25, 0.3) is 0 Å². The first kappa shape index (κ1) is 22.1. The van der Waals surface area contributed by atoms with E-state index in [0.29, 0.717) is 22.3 Å². The minimum absolute atomic E-state index is 0.0438. The first-order valence-corrected chi connectivity index (χ1v) is 11.4. The summed E-state index contributed by atoms with van der Waals surface area (Å²) in [4.78, 5) is 13.0. The smallest absolute Gasteiger partial charge is 0.192 e. The zero-order chi connectivity index (χ0) is 22.8. The third kappa shape index (κ3) is 4.41. The standard InChI is InChI=1S/C24H25FN4O2S/c1-15(2)29-23(16(3)31-18-11-9-17(25)10-12-18)26-27-24(29)32-14-22(30)20-13-28(4)21-8-6-5-7-19(20)21/h5-13,15-16H,14H2,1-4H3. The Labute approximate surface area is 190 Å². The first-order valence-electron chi connectivity index (χ1n) is 10.4. The van der Waals surface area contributed by atoms with Gasteiger partial charge in [-0.15, -0.1) is 10.2 Å². The third-order valence-corrected chi connectivity index (χ3v) is 6.17. The van der Waals surface area contributed by atoms with Crippen LogP contribution in [0.5, 0.6) is 5.75 Å². The van der Waals surface area contributed by atoms with Crippen LogP contribution in [-0.4, -0.2) is 30.9 Å². The lowest BCUT2D eigenvalue weighted by Crippen LogP contribution is -2.14. The normalized spacial score (nSPS) is 12.4. The average molecular weight is 453 g/mol. The lowest BCUT2D eigenvalue weighted by molar-refractivity contribution is 0.102. The summed E-state index contributed by atoms with van der Waals surface area (Å²) in [6.07, 6.45) is 1.49. The van der Waals surface area contributed by atoms with Crippen molar-refractivity contribution in [3.63, 3.8) is 0 Å². The van der Waals surface area contributed by atoms with Crippen LogP contribution in [0.2, 0.25) is 0 Å². The third-order valence-electron chi connectivity index (χ3n) is 5.23. The largest absolute Gasteiger partial charge is 0.483 e. The molecule has 6 nitrogen and oxygen atoms in total. The van der Waals surface area contributed by atoms with E-state index in [4.69, 9.17) is 4.74 Å².